The van der Waals surface area contributed by atoms with Gasteiger partial charge in [-0.1, -0.05) is 0 Å². The number of esters is 1. The van der Waals surface area contributed by atoms with Crippen LogP contribution in [0.5, 0.6) is 0 Å². The van der Waals surface area contributed by atoms with Crippen LogP contribution in [0.3, 0.4) is 0 Å². The number of rotatable bonds is 6. The Morgan fingerprint density at radius 2 is 1.94 bits per heavy atom. The first kappa shape index (κ1) is 18.3. The van der Waals surface area contributed by atoms with Gasteiger partial charge in [0.1, 0.15) is 12.2 Å². The fraction of sp³-hybridized carbons (Fsp3) is 0.750. The smallest absolute Gasteiger partial charge is 0.846 e. The second-order valence-electron chi connectivity index (χ2n) is 2.98. The van der Waals surface area contributed by atoms with Gasteiger partial charge in [0.15, 0.2) is 12.9 Å². The number of ether oxygens (including phenoxy) is 1. The van der Waals surface area contributed by atoms with E-state index in [1.807, 2.05) is 0 Å². The van der Waals surface area contributed by atoms with Gasteiger partial charge in [-0.15, -0.1) is 0 Å². The van der Waals surface area contributed by atoms with E-state index < -0.39 is 37.0 Å². The van der Waals surface area contributed by atoms with Gasteiger partial charge in [-0.2, -0.15) is 0 Å². The van der Waals surface area contributed by atoms with Crippen molar-refractivity contribution >= 4 is 12.3 Å². The van der Waals surface area contributed by atoms with E-state index in [4.69, 9.17) is 20.1 Å². The van der Waals surface area contributed by atoms with Crippen LogP contribution in [0.1, 0.15) is 6.92 Å². The van der Waals surface area contributed by atoms with Crippen molar-refractivity contribution in [2.75, 3.05) is 6.61 Å². The standard InChI is InChI=1S/C8H13O7.Na/c1-4(10)15-3-6(12)8(14)7(13)5(11)2-9;/h2,5-8,11,13-14H,3H2,1H3;/q-1;+1/p+1. The summed E-state index contributed by atoms with van der Waals surface area (Å²) in [5.74, 6) is -0.450. The molecular weight excluding hydrogens is 231 g/mol. The minimum Gasteiger partial charge on any atom is -0.846 e. The minimum atomic E-state index is -1.87. The Bertz CT molecular complexity index is 222. The van der Waals surface area contributed by atoms with Crippen LogP contribution in [0.25, 0.3) is 0 Å². The molecule has 0 rings (SSSR count). The van der Waals surface area contributed by atoms with Gasteiger partial charge in [-0.05, 0) is 6.10 Å². The van der Waals surface area contributed by atoms with E-state index in [1.165, 1.54) is 6.92 Å². The van der Waals surface area contributed by atoms with E-state index >= 15 is 0 Å². The SMILES string of the molecule is CC(=[OH+])OCC([O-])C(O)C(O)C(O)C=O.[Na+]. The van der Waals surface area contributed by atoms with E-state index in [2.05, 4.69) is 4.74 Å². The number of hydrogen-bond acceptors (Lipinski definition) is 6. The summed E-state index contributed by atoms with van der Waals surface area (Å²) in [6.45, 7) is 0.613. The van der Waals surface area contributed by atoms with E-state index in [1.54, 1.807) is 0 Å². The molecule has 88 valence electrons. The van der Waals surface area contributed by atoms with Gasteiger partial charge in [-0.3, -0.25) is 0 Å². The Morgan fingerprint density at radius 1 is 1.44 bits per heavy atom. The quantitative estimate of drug-likeness (QED) is 0.184. The Morgan fingerprint density at radius 3 is 2.31 bits per heavy atom. The first-order chi connectivity index (χ1) is 6.90. The van der Waals surface area contributed by atoms with Crippen LogP contribution in [-0.2, 0) is 9.53 Å². The van der Waals surface area contributed by atoms with Gasteiger partial charge < -0.3 is 34.8 Å². The van der Waals surface area contributed by atoms with Crippen molar-refractivity contribution in [3.8, 4) is 0 Å². The molecule has 0 fully saturated rings. The molecular formula is C8H14NaO7+. The molecule has 7 nitrogen and oxygen atoms in total. The van der Waals surface area contributed by atoms with Crippen molar-refractivity contribution < 1.29 is 64.3 Å². The monoisotopic (exact) mass is 245 g/mol. The Kier molecular flexibility index (Phi) is 10.4. The van der Waals surface area contributed by atoms with Gasteiger partial charge >= 0.3 is 35.5 Å². The molecule has 4 N–H and O–H groups in total. The third-order valence-electron chi connectivity index (χ3n) is 1.68. The normalized spacial score (nSPS) is 17.6. The molecule has 0 amide bonds. The molecule has 0 saturated heterocycles. The molecule has 16 heavy (non-hydrogen) atoms. The second-order valence-corrected chi connectivity index (χ2v) is 2.98. The first-order valence-electron chi connectivity index (χ1n) is 4.20. The Hall–Kier alpha value is -0.0200. The average Bonchev–Trinajstić information content (AvgIpc) is 2.22. The largest absolute Gasteiger partial charge is 1.00 e. The maximum atomic E-state index is 11.1. The van der Waals surface area contributed by atoms with Gasteiger partial charge in [0, 0.05) is 0 Å². The zero-order chi connectivity index (χ0) is 12.0. The molecule has 0 bridgehead atoms. The fourth-order valence-corrected chi connectivity index (χ4v) is 0.804. The molecule has 4 atom stereocenters. The zero-order valence-corrected chi connectivity index (χ0v) is 11.1. The topological polar surface area (TPSA) is 131 Å². The maximum Gasteiger partial charge on any atom is 1.00 e. The van der Waals surface area contributed by atoms with Crippen molar-refractivity contribution in [2.24, 2.45) is 0 Å². The minimum absolute atomic E-state index is 0. The number of aliphatic hydroxyl groups is 3. The summed E-state index contributed by atoms with van der Waals surface area (Å²) >= 11 is 0. The first-order valence-corrected chi connectivity index (χ1v) is 4.20. The summed E-state index contributed by atoms with van der Waals surface area (Å²) in [7, 11) is 0. The van der Waals surface area contributed by atoms with Gasteiger partial charge in [0.05, 0.1) is 13.0 Å². The zero-order valence-electron chi connectivity index (χ0n) is 9.11. The van der Waals surface area contributed by atoms with Crippen LogP contribution >= 0.6 is 0 Å². The maximum absolute atomic E-state index is 11.1. The molecule has 0 saturated carbocycles. The van der Waals surface area contributed by atoms with E-state index in [0.29, 0.717) is 0 Å². The second kappa shape index (κ2) is 9.06. The summed E-state index contributed by atoms with van der Waals surface area (Å²) in [6, 6.07) is 0. The van der Waals surface area contributed by atoms with Crippen molar-refractivity contribution in [1.29, 1.82) is 0 Å². The molecule has 8 heteroatoms. The van der Waals surface area contributed by atoms with Gasteiger partial charge in [-0.25, -0.2) is 0 Å². The van der Waals surface area contributed by atoms with Crippen molar-refractivity contribution in [1.82, 2.24) is 0 Å². The van der Waals surface area contributed by atoms with E-state index in [0.717, 1.165) is 0 Å². The summed E-state index contributed by atoms with van der Waals surface area (Å²) in [4.78, 5) is 18.6. The molecule has 0 heterocycles. The summed E-state index contributed by atoms with van der Waals surface area (Å²) in [5, 5.41) is 38.1. The third kappa shape index (κ3) is 6.54. The van der Waals surface area contributed by atoms with E-state index in [9.17, 15) is 9.90 Å². The van der Waals surface area contributed by atoms with Gasteiger partial charge in [0.2, 0.25) is 0 Å². The predicted octanol–water partition coefficient (Wildman–Crippen LogP) is -6.46. The van der Waals surface area contributed by atoms with Crippen molar-refractivity contribution in [2.45, 2.75) is 31.3 Å². The fourth-order valence-electron chi connectivity index (χ4n) is 0.804. The van der Waals surface area contributed by atoms with Gasteiger partial charge in [0.25, 0.3) is 0 Å². The number of carbonyl (C=O) groups is 1. The molecule has 0 spiro atoms. The summed E-state index contributed by atoms with van der Waals surface area (Å²) < 4.78 is 4.41. The molecule has 0 aliphatic heterocycles. The third-order valence-corrected chi connectivity index (χ3v) is 1.68. The molecule has 0 aliphatic carbocycles. The van der Waals surface area contributed by atoms with Crippen molar-refractivity contribution in [3.63, 3.8) is 0 Å². The van der Waals surface area contributed by atoms with Crippen LogP contribution < -0.4 is 34.7 Å². The average molecular weight is 245 g/mol. The van der Waals surface area contributed by atoms with Crippen LogP contribution in [-0.4, -0.2) is 63.4 Å². The number of aliphatic hydroxyl groups excluding tert-OH is 3. The summed E-state index contributed by atoms with van der Waals surface area (Å²) in [5.41, 5.74) is 0. The molecule has 0 aromatic carbocycles. The van der Waals surface area contributed by atoms with Crippen molar-refractivity contribution in [3.05, 3.63) is 0 Å². The Balaban J connectivity index is 0. The summed E-state index contributed by atoms with van der Waals surface area (Å²) in [6.07, 6.45) is -7.32. The molecule has 0 aliphatic rings. The molecule has 4 unspecified atom stereocenters. The molecule has 0 aromatic heterocycles. The Labute approximate surface area is 114 Å². The number of aldehydes is 1. The van der Waals surface area contributed by atoms with Crippen LogP contribution in [0, 0.1) is 0 Å². The number of carbonyl (C=O) groups excluding carboxylic acids is 2. The van der Waals surface area contributed by atoms with Crippen LogP contribution in [0.15, 0.2) is 0 Å². The molecule has 0 aromatic rings. The predicted molar refractivity (Wildman–Crippen MR) is 46.4 cm³/mol. The number of hydrogen-bond donors (Lipinski definition) is 3. The van der Waals surface area contributed by atoms with E-state index in [-0.39, 0.29) is 35.8 Å². The van der Waals surface area contributed by atoms with Crippen LogP contribution in [0.2, 0.25) is 0 Å². The van der Waals surface area contributed by atoms with Crippen LogP contribution in [0.4, 0.5) is 0 Å². The molecule has 0 radical (unpaired) electrons.